The highest BCUT2D eigenvalue weighted by Gasteiger charge is 2.08. The van der Waals surface area contributed by atoms with Gasteiger partial charge >= 0.3 is 5.97 Å². The molecule has 15 heavy (non-hydrogen) atoms. The number of carbonyl (C=O) groups is 1. The first-order valence-electron chi connectivity index (χ1n) is 4.04. The van der Waals surface area contributed by atoms with Crippen molar-refractivity contribution in [2.24, 2.45) is 0 Å². The van der Waals surface area contributed by atoms with Crippen LogP contribution in [0.5, 0.6) is 0 Å². The second-order valence-electron chi connectivity index (χ2n) is 2.69. The van der Waals surface area contributed by atoms with Crippen LogP contribution in [0.1, 0.15) is 16.1 Å². The van der Waals surface area contributed by atoms with Crippen molar-refractivity contribution in [2.75, 3.05) is 0 Å². The number of carboxylic acid groups (broad SMARTS) is 1. The highest BCUT2D eigenvalue weighted by molar-refractivity contribution is 7.98. The molecule has 2 N–H and O–H groups in total. The summed E-state index contributed by atoms with van der Waals surface area (Å²) in [6, 6.07) is 1.49. The van der Waals surface area contributed by atoms with Crippen LogP contribution < -0.4 is 0 Å². The van der Waals surface area contributed by atoms with Gasteiger partial charge in [0.15, 0.2) is 5.16 Å². The van der Waals surface area contributed by atoms with E-state index in [0.717, 1.165) is 0 Å². The first kappa shape index (κ1) is 9.78. The number of aromatic amines is 1. The van der Waals surface area contributed by atoms with E-state index in [9.17, 15) is 4.79 Å². The molecule has 0 saturated carbocycles. The molecule has 0 aliphatic rings. The summed E-state index contributed by atoms with van der Waals surface area (Å²) in [5.41, 5.74) is 0.156. The Hall–Kier alpha value is -1.76. The van der Waals surface area contributed by atoms with E-state index in [4.69, 9.17) is 9.52 Å². The molecule has 0 atom stereocenters. The van der Waals surface area contributed by atoms with Gasteiger partial charge in [0.25, 0.3) is 0 Å². The van der Waals surface area contributed by atoms with Crippen LogP contribution in [0, 0.1) is 0 Å². The summed E-state index contributed by atoms with van der Waals surface area (Å²) in [6.07, 6.45) is 2.63. The van der Waals surface area contributed by atoms with Crippen LogP contribution in [0.3, 0.4) is 0 Å². The Kier molecular flexibility index (Phi) is 2.72. The molecule has 2 aromatic rings. The zero-order valence-electron chi connectivity index (χ0n) is 7.51. The van der Waals surface area contributed by atoms with E-state index in [1.54, 1.807) is 0 Å². The van der Waals surface area contributed by atoms with Crippen molar-refractivity contribution >= 4 is 17.7 Å². The summed E-state index contributed by atoms with van der Waals surface area (Å²) in [6.45, 7) is 0. The molecule has 6 nitrogen and oxygen atoms in total. The lowest BCUT2D eigenvalue weighted by Gasteiger charge is -1.91. The van der Waals surface area contributed by atoms with Crippen molar-refractivity contribution < 1.29 is 14.3 Å². The second-order valence-corrected chi connectivity index (χ2v) is 3.65. The number of nitrogens with zero attached hydrogens (tertiary/aromatic N) is 2. The van der Waals surface area contributed by atoms with Gasteiger partial charge in [-0.2, -0.15) is 5.10 Å². The monoisotopic (exact) mass is 225 g/mol. The summed E-state index contributed by atoms with van der Waals surface area (Å²) < 4.78 is 5.06. The average molecular weight is 225 g/mol. The molecule has 2 rings (SSSR count). The Morgan fingerprint density at radius 3 is 3.13 bits per heavy atom. The predicted molar refractivity (Wildman–Crippen MR) is 51.6 cm³/mol. The highest BCUT2D eigenvalue weighted by atomic mass is 32.2. The summed E-state index contributed by atoms with van der Waals surface area (Å²) in [4.78, 5) is 14.5. The van der Waals surface area contributed by atoms with Crippen molar-refractivity contribution in [1.29, 1.82) is 0 Å². The van der Waals surface area contributed by atoms with Gasteiger partial charge in [0.2, 0.25) is 0 Å². The standard InChI is InChI=1S/C8H7N3O3S/c12-7(13)5-1-6(14-2-5)3-15-8-9-4-10-11-8/h1-2,4H,3H2,(H,12,13)(H,9,10,11). The van der Waals surface area contributed by atoms with Gasteiger partial charge in [-0.15, -0.1) is 0 Å². The Labute approximate surface area is 88.7 Å². The molecule has 0 saturated heterocycles. The number of nitrogens with one attached hydrogen (secondary N) is 1. The molecule has 0 fully saturated rings. The predicted octanol–water partition coefficient (Wildman–Crippen LogP) is 1.39. The van der Waals surface area contributed by atoms with Crippen LogP contribution >= 0.6 is 11.8 Å². The average Bonchev–Trinajstić information content (AvgIpc) is 2.86. The topological polar surface area (TPSA) is 92.0 Å². The molecule has 2 heterocycles. The van der Waals surface area contributed by atoms with E-state index < -0.39 is 5.97 Å². The third kappa shape index (κ3) is 2.38. The van der Waals surface area contributed by atoms with E-state index in [-0.39, 0.29) is 5.56 Å². The fraction of sp³-hybridized carbons (Fsp3) is 0.125. The molecule has 7 heteroatoms. The molecule has 0 aliphatic carbocycles. The molecule has 0 aliphatic heterocycles. The molecule has 2 aromatic heterocycles. The molecule has 0 unspecified atom stereocenters. The Morgan fingerprint density at radius 2 is 2.53 bits per heavy atom. The van der Waals surface area contributed by atoms with Crippen LogP contribution in [0.25, 0.3) is 0 Å². The Balaban J connectivity index is 1.96. The Morgan fingerprint density at radius 1 is 1.67 bits per heavy atom. The van der Waals surface area contributed by atoms with E-state index in [2.05, 4.69) is 15.2 Å². The van der Waals surface area contributed by atoms with Crippen LogP contribution in [-0.2, 0) is 5.75 Å². The van der Waals surface area contributed by atoms with Gasteiger partial charge in [-0.05, 0) is 6.07 Å². The van der Waals surface area contributed by atoms with Crippen molar-refractivity contribution in [3.63, 3.8) is 0 Å². The number of furan rings is 1. The quantitative estimate of drug-likeness (QED) is 0.764. The maximum atomic E-state index is 10.6. The number of hydrogen-bond acceptors (Lipinski definition) is 5. The van der Waals surface area contributed by atoms with Gasteiger partial charge in [-0.25, -0.2) is 9.78 Å². The number of hydrogen-bond donors (Lipinski definition) is 2. The molecule has 0 spiro atoms. The van der Waals surface area contributed by atoms with E-state index in [1.807, 2.05) is 0 Å². The molecule has 0 aromatic carbocycles. The third-order valence-corrected chi connectivity index (χ3v) is 2.54. The molecular formula is C8H7N3O3S. The minimum atomic E-state index is -0.991. The van der Waals surface area contributed by atoms with Crippen LogP contribution in [0.4, 0.5) is 0 Å². The summed E-state index contributed by atoms with van der Waals surface area (Å²) in [5, 5.41) is 15.7. The molecule has 78 valence electrons. The molecular weight excluding hydrogens is 218 g/mol. The zero-order chi connectivity index (χ0) is 10.7. The number of rotatable bonds is 4. The highest BCUT2D eigenvalue weighted by Crippen LogP contribution is 2.19. The number of carboxylic acids is 1. The van der Waals surface area contributed by atoms with Gasteiger partial charge in [0.05, 0.1) is 11.3 Å². The third-order valence-electron chi connectivity index (χ3n) is 1.64. The largest absolute Gasteiger partial charge is 0.478 e. The van der Waals surface area contributed by atoms with Crippen molar-refractivity contribution in [3.8, 4) is 0 Å². The lowest BCUT2D eigenvalue weighted by atomic mass is 10.3. The minimum Gasteiger partial charge on any atom is -0.478 e. The minimum absolute atomic E-state index is 0.156. The lowest BCUT2D eigenvalue weighted by molar-refractivity contribution is 0.0696. The first-order valence-corrected chi connectivity index (χ1v) is 5.03. The van der Waals surface area contributed by atoms with Gasteiger partial charge in [0, 0.05) is 0 Å². The fourth-order valence-corrected chi connectivity index (χ4v) is 1.64. The SMILES string of the molecule is O=C(O)c1coc(CSc2ncn[nH]2)c1. The Bertz CT molecular complexity index is 451. The summed E-state index contributed by atoms with van der Waals surface area (Å²) in [7, 11) is 0. The number of H-pyrrole nitrogens is 1. The van der Waals surface area contributed by atoms with Crippen molar-refractivity contribution in [1.82, 2.24) is 15.2 Å². The lowest BCUT2D eigenvalue weighted by Crippen LogP contribution is -1.91. The zero-order valence-corrected chi connectivity index (χ0v) is 8.32. The number of aromatic nitrogens is 3. The fourth-order valence-electron chi connectivity index (χ4n) is 0.972. The van der Waals surface area contributed by atoms with E-state index >= 15 is 0 Å². The smallest absolute Gasteiger partial charge is 0.338 e. The number of thioether (sulfide) groups is 1. The van der Waals surface area contributed by atoms with Crippen LogP contribution in [-0.4, -0.2) is 26.3 Å². The van der Waals surface area contributed by atoms with Crippen molar-refractivity contribution in [2.45, 2.75) is 10.9 Å². The molecule has 0 radical (unpaired) electrons. The van der Waals surface area contributed by atoms with Crippen LogP contribution in [0.15, 0.2) is 28.2 Å². The molecule has 0 bridgehead atoms. The van der Waals surface area contributed by atoms with Gasteiger partial charge in [-0.1, -0.05) is 11.8 Å². The first-order chi connectivity index (χ1) is 7.25. The van der Waals surface area contributed by atoms with Crippen molar-refractivity contribution in [3.05, 3.63) is 30.0 Å². The van der Waals surface area contributed by atoms with E-state index in [0.29, 0.717) is 16.7 Å². The normalized spacial score (nSPS) is 10.4. The second kappa shape index (κ2) is 4.18. The maximum absolute atomic E-state index is 10.6. The summed E-state index contributed by atoms with van der Waals surface area (Å²) >= 11 is 1.39. The van der Waals surface area contributed by atoms with E-state index in [1.165, 1.54) is 30.4 Å². The molecule has 0 amide bonds. The van der Waals surface area contributed by atoms with Crippen LogP contribution in [0.2, 0.25) is 0 Å². The van der Waals surface area contributed by atoms with Gasteiger partial charge in [0.1, 0.15) is 18.4 Å². The maximum Gasteiger partial charge on any atom is 0.338 e. The summed E-state index contributed by atoms with van der Waals surface area (Å²) in [5.74, 6) is 0.117. The van der Waals surface area contributed by atoms with Gasteiger partial charge < -0.3 is 9.52 Å². The van der Waals surface area contributed by atoms with Gasteiger partial charge in [-0.3, -0.25) is 5.10 Å². The number of aromatic carboxylic acids is 1.